The molecule has 0 spiro atoms. The van der Waals surface area contributed by atoms with E-state index in [0.29, 0.717) is 18.5 Å². The van der Waals surface area contributed by atoms with Crippen LogP contribution in [0.25, 0.3) is 0 Å². The molecule has 3 heterocycles. The molecule has 2 fully saturated rings. The highest BCUT2D eigenvalue weighted by atomic mass is 32.1. The maximum Gasteiger partial charge on any atom is 0.334 e. The monoisotopic (exact) mass is 517 g/mol. The van der Waals surface area contributed by atoms with Crippen molar-refractivity contribution in [3.8, 4) is 0 Å². The van der Waals surface area contributed by atoms with E-state index in [0.717, 1.165) is 4.88 Å². The molecule has 1 unspecified atom stereocenters. The minimum atomic E-state index is -1.06. The van der Waals surface area contributed by atoms with Crippen molar-refractivity contribution in [3.63, 3.8) is 0 Å². The number of carboxylic acid groups (broad SMARTS) is 1. The zero-order valence-corrected chi connectivity index (χ0v) is 20.6. The maximum absolute atomic E-state index is 13.4. The highest BCUT2D eigenvalue weighted by Gasteiger charge is 2.50. The van der Waals surface area contributed by atoms with Crippen molar-refractivity contribution in [2.24, 2.45) is 0 Å². The number of halogens is 1. The van der Waals surface area contributed by atoms with E-state index in [9.17, 15) is 28.7 Å². The summed E-state index contributed by atoms with van der Waals surface area (Å²) < 4.78 is 13.2. The van der Waals surface area contributed by atoms with Gasteiger partial charge in [-0.05, 0) is 42.0 Å². The number of nitrogens with zero attached hydrogens (tertiary/aromatic N) is 4. The maximum atomic E-state index is 13.4. The number of carbonyl (C=O) groups excluding carboxylic acids is 3. The number of carboxylic acids is 1. The largest absolute Gasteiger partial charge is 0.481 e. The number of thiophene rings is 1. The SMILES string of the molecule is CN1CC(=O)N2C(CCC(=O)O)C(=O)N(CCc3cccs3)C[C@@H]2N1C(=O)NCc1ccc(F)cc1. The van der Waals surface area contributed by atoms with E-state index >= 15 is 0 Å². The fourth-order valence-electron chi connectivity index (χ4n) is 4.60. The van der Waals surface area contributed by atoms with Gasteiger partial charge in [-0.3, -0.25) is 14.4 Å². The fourth-order valence-corrected chi connectivity index (χ4v) is 5.30. The topological polar surface area (TPSA) is 114 Å². The third kappa shape index (κ3) is 5.65. The van der Waals surface area contributed by atoms with Crippen molar-refractivity contribution in [1.29, 1.82) is 0 Å². The number of aliphatic carboxylic acids is 1. The number of hydrazine groups is 1. The van der Waals surface area contributed by atoms with Crippen molar-refractivity contribution in [3.05, 3.63) is 58.0 Å². The second kappa shape index (κ2) is 11.0. The molecule has 1 aromatic heterocycles. The van der Waals surface area contributed by atoms with E-state index in [1.54, 1.807) is 35.4 Å². The van der Waals surface area contributed by atoms with Gasteiger partial charge in [0.05, 0.1) is 13.1 Å². The first kappa shape index (κ1) is 25.6. The van der Waals surface area contributed by atoms with Gasteiger partial charge in [-0.2, -0.15) is 0 Å². The summed E-state index contributed by atoms with van der Waals surface area (Å²) in [6.45, 7) is 0.504. The Morgan fingerprint density at radius 2 is 1.94 bits per heavy atom. The summed E-state index contributed by atoms with van der Waals surface area (Å²) in [5, 5.41) is 16.9. The van der Waals surface area contributed by atoms with Crippen LogP contribution in [0.4, 0.5) is 9.18 Å². The van der Waals surface area contributed by atoms with Gasteiger partial charge >= 0.3 is 12.0 Å². The first-order chi connectivity index (χ1) is 17.2. The number of likely N-dealkylation sites (N-methyl/N-ethyl adjacent to an activating group) is 1. The van der Waals surface area contributed by atoms with Crippen LogP contribution in [-0.4, -0.2) is 87.6 Å². The van der Waals surface area contributed by atoms with E-state index in [4.69, 9.17) is 0 Å². The number of amides is 4. The highest BCUT2D eigenvalue weighted by Crippen LogP contribution is 2.28. The Labute approximate surface area is 211 Å². The molecule has 4 rings (SSSR count). The number of rotatable bonds is 8. The molecule has 192 valence electrons. The molecule has 4 amide bonds. The minimum Gasteiger partial charge on any atom is -0.481 e. The lowest BCUT2D eigenvalue weighted by atomic mass is 10.0. The summed E-state index contributed by atoms with van der Waals surface area (Å²) in [6.07, 6.45) is -0.495. The standard InChI is InChI=1S/C24H28FN5O5S/c1-27-15-21(31)29-19(8-9-22(32)33)23(34)28(11-10-18-3-2-12-36-18)14-20(29)30(27)24(35)26-13-16-4-6-17(25)7-5-16/h2-7,12,19-20H,8-11,13-15H2,1H3,(H,26,35)(H,32,33)/t19?,20-/m0/s1. The predicted octanol–water partition coefficient (Wildman–Crippen LogP) is 1.73. The molecule has 2 aliphatic rings. The smallest absolute Gasteiger partial charge is 0.334 e. The number of hydrogen-bond donors (Lipinski definition) is 2. The van der Waals surface area contributed by atoms with E-state index < -0.39 is 24.2 Å². The normalized spacial score (nSPS) is 20.4. The van der Waals surface area contributed by atoms with Crippen molar-refractivity contribution in [1.82, 2.24) is 25.1 Å². The molecule has 2 saturated heterocycles. The van der Waals surface area contributed by atoms with Crippen LogP contribution in [0.15, 0.2) is 41.8 Å². The average molecular weight is 518 g/mol. The Balaban J connectivity index is 1.56. The fraction of sp³-hybridized carbons (Fsp3) is 0.417. The Morgan fingerprint density at radius 3 is 2.61 bits per heavy atom. The molecule has 1 aromatic carbocycles. The van der Waals surface area contributed by atoms with Gasteiger partial charge in [0, 0.05) is 31.4 Å². The van der Waals surface area contributed by atoms with Gasteiger partial charge in [-0.15, -0.1) is 11.3 Å². The average Bonchev–Trinajstić information content (AvgIpc) is 3.35. The van der Waals surface area contributed by atoms with Crippen LogP contribution in [0, 0.1) is 5.82 Å². The Hall–Kier alpha value is -3.51. The lowest BCUT2D eigenvalue weighted by molar-refractivity contribution is -0.187. The molecular weight excluding hydrogens is 489 g/mol. The molecule has 0 radical (unpaired) electrons. The molecule has 0 bridgehead atoms. The molecule has 2 N–H and O–H groups in total. The van der Waals surface area contributed by atoms with Gasteiger partial charge in [-0.25, -0.2) is 19.2 Å². The van der Waals surface area contributed by atoms with Crippen LogP contribution in [0.5, 0.6) is 0 Å². The number of benzene rings is 1. The Kier molecular flexibility index (Phi) is 7.85. The highest BCUT2D eigenvalue weighted by molar-refractivity contribution is 7.09. The quantitative estimate of drug-likeness (QED) is 0.552. The van der Waals surface area contributed by atoms with Crippen LogP contribution in [0.1, 0.15) is 23.3 Å². The second-order valence-corrected chi connectivity index (χ2v) is 9.82. The Morgan fingerprint density at radius 1 is 1.19 bits per heavy atom. The van der Waals surface area contributed by atoms with Gasteiger partial charge in [-0.1, -0.05) is 18.2 Å². The van der Waals surface area contributed by atoms with Gasteiger partial charge in [0.1, 0.15) is 18.0 Å². The zero-order valence-electron chi connectivity index (χ0n) is 19.8. The molecule has 2 aliphatic heterocycles. The van der Waals surface area contributed by atoms with Crippen molar-refractivity contribution < 1.29 is 28.7 Å². The van der Waals surface area contributed by atoms with Crippen molar-refractivity contribution in [2.75, 3.05) is 26.7 Å². The van der Waals surface area contributed by atoms with Gasteiger partial charge < -0.3 is 20.2 Å². The number of carbonyl (C=O) groups is 4. The van der Waals surface area contributed by atoms with Gasteiger partial charge in [0.2, 0.25) is 11.8 Å². The molecule has 10 nitrogen and oxygen atoms in total. The van der Waals surface area contributed by atoms with Crippen LogP contribution in [0.3, 0.4) is 0 Å². The minimum absolute atomic E-state index is 0.0410. The summed E-state index contributed by atoms with van der Waals surface area (Å²) in [4.78, 5) is 55.1. The van der Waals surface area contributed by atoms with E-state index in [-0.39, 0.29) is 50.1 Å². The third-order valence-electron chi connectivity index (χ3n) is 6.34. The zero-order chi connectivity index (χ0) is 25.8. The molecule has 0 saturated carbocycles. The lowest BCUT2D eigenvalue weighted by Crippen LogP contribution is -2.76. The molecular formula is C24H28FN5O5S. The summed E-state index contributed by atoms with van der Waals surface area (Å²) in [5.41, 5.74) is 0.702. The number of hydrogen-bond acceptors (Lipinski definition) is 6. The molecule has 12 heteroatoms. The second-order valence-electron chi connectivity index (χ2n) is 8.79. The van der Waals surface area contributed by atoms with Crippen LogP contribution < -0.4 is 5.32 Å². The number of urea groups is 1. The van der Waals surface area contributed by atoms with Crippen LogP contribution >= 0.6 is 11.3 Å². The first-order valence-corrected chi connectivity index (χ1v) is 12.5. The van der Waals surface area contributed by atoms with Gasteiger partial charge in [0.25, 0.3) is 0 Å². The number of fused-ring (bicyclic) bond motifs is 1. The molecule has 36 heavy (non-hydrogen) atoms. The lowest BCUT2D eigenvalue weighted by Gasteiger charge is -2.54. The first-order valence-electron chi connectivity index (χ1n) is 11.6. The van der Waals surface area contributed by atoms with Crippen molar-refractivity contribution >= 4 is 35.2 Å². The van der Waals surface area contributed by atoms with Crippen LogP contribution in [0.2, 0.25) is 0 Å². The summed E-state index contributed by atoms with van der Waals surface area (Å²) >= 11 is 1.58. The summed E-state index contributed by atoms with van der Waals surface area (Å²) in [7, 11) is 1.62. The molecule has 0 aliphatic carbocycles. The van der Waals surface area contributed by atoms with Crippen molar-refractivity contribution in [2.45, 2.75) is 38.0 Å². The predicted molar refractivity (Wildman–Crippen MR) is 129 cm³/mol. The number of piperazine rings is 1. The van der Waals surface area contributed by atoms with E-state index in [1.165, 1.54) is 27.1 Å². The number of nitrogens with one attached hydrogen (secondary N) is 1. The van der Waals surface area contributed by atoms with Crippen LogP contribution in [-0.2, 0) is 27.3 Å². The summed E-state index contributed by atoms with van der Waals surface area (Å²) in [5.74, 6) is -2.09. The van der Waals surface area contributed by atoms with E-state index in [2.05, 4.69) is 5.32 Å². The van der Waals surface area contributed by atoms with E-state index in [1.807, 2.05) is 17.5 Å². The summed E-state index contributed by atoms with van der Waals surface area (Å²) in [6, 6.07) is 8.20. The molecule has 2 atom stereocenters. The Bertz CT molecular complexity index is 1110. The third-order valence-corrected chi connectivity index (χ3v) is 7.28. The molecule has 2 aromatic rings. The van der Waals surface area contributed by atoms with Gasteiger partial charge in [0.15, 0.2) is 0 Å².